The van der Waals surface area contributed by atoms with Gasteiger partial charge in [0.1, 0.15) is 5.82 Å². The summed E-state index contributed by atoms with van der Waals surface area (Å²) >= 11 is 0. The van der Waals surface area contributed by atoms with Crippen LogP contribution in [-0.4, -0.2) is 76.4 Å². The zero-order valence-corrected chi connectivity index (χ0v) is 19.2. The molecule has 12 nitrogen and oxygen atoms in total. The Morgan fingerprint density at radius 2 is 1.97 bits per heavy atom. The molecule has 0 bridgehead atoms. The highest BCUT2D eigenvalue weighted by Gasteiger charge is 2.26. The molecule has 0 saturated heterocycles. The van der Waals surface area contributed by atoms with Gasteiger partial charge in [0.15, 0.2) is 17.3 Å². The molecule has 0 atom stereocenters. The number of hydrogen-bond acceptors (Lipinski definition) is 9. The van der Waals surface area contributed by atoms with E-state index in [1.807, 2.05) is 36.9 Å². The van der Waals surface area contributed by atoms with Crippen LogP contribution >= 0.6 is 0 Å². The molecule has 0 fully saturated rings. The molecule has 1 aromatic carbocycles. The first-order valence-corrected chi connectivity index (χ1v) is 10.3. The summed E-state index contributed by atoms with van der Waals surface area (Å²) < 4.78 is 1.83. The maximum absolute atomic E-state index is 12.4. The minimum atomic E-state index is -0.400. The minimum absolute atomic E-state index is 0.108. The molecule has 2 amide bonds. The SMILES string of the molecule is CNC(=O)c1nnc(NC(=O)CN(C)C)cc1Nc1cccc2c1N(C)Cc1nc(C)nn1-2. The van der Waals surface area contributed by atoms with Crippen LogP contribution in [0.4, 0.5) is 22.9 Å². The lowest BCUT2D eigenvalue weighted by molar-refractivity contribution is -0.116. The number of carbonyl (C=O) groups excluding carboxylic acids is 2. The van der Waals surface area contributed by atoms with E-state index in [2.05, 4.69) is 41.1 Å². The number of nitrogens with zero attached hydrogens (tertiary/aromatic N) is 7. The average molecular weight is 451 g/mol. The number of aryl methyl sites for hydroxylation is 1. The summed E-state index contributed by atoms with van der Waals surface area (Å²) in [6.45, 7) is 2.63. The number of amides is 2. The van der Waals surface area contributed by atoms with Crippen molar-refractivity contribution >= 4 is 34.7 Å². The summed E-state index contributed by atoms with van der Waals surface area (Å²) in [5, 5.41) is 21.2. The average Bonchev–Trinajstić information content (AvgIpc) is 3.13. The molecule has 3 aromatic rings. The van der Waals surface area contributed by atoms with E-state index >= 15 is 0 Å². The highest BCUT2D eigenvalue weighted by atomic mass is 16.2. The van der Waals surface area contributed by atoms with Crippen LogP contribution in [0.3, 0.4) is 0 Å². The van der Waals surface area contributed by atoms with Gasteiger partial charge in [-0.3, -0.25) is 9.59 Å². The molecule has 172 valence electrons. The van der Waals surface area contributed by atoms with Gasteiger partial charge in [-0.2, -0.15) is 5.10 Å². The second kappa shape index (κ2) is 8.82. The Balaban J connectivity index is 1.73. The number of carbonyl (C=O) groups is 2. The molecule has 0 spiro atoms. The molecule has 0 unspecified atom stereocenters. The Morgan fingerprint density at radius 1 is 1.18 bits per heavy atom. The van der Waals surface area contributed by atoms with Crippen LogP contribution in [0.2, 0.25) is 0 Å². The Kier molecular flexibility index (Phi) is 5.92. The van der Waals surface area contributed by atoms with Gasteiger partial charge in [-0.05, 0) is 33.2 Å². The molecule has 2 aromatic heterocycles. The second-order valence-electron chi connectivity index (χ2n) is 8.00. The smallest absolute Gasteiger partial charge is 0.273 e. The highest BCUT2D eigenvalue weighted by molar-refractivity contribution is 6.00. The van der Waals surface area contributed by atoms with E-state index in [0.29, 0.717) is 18.1 Å². The van der Waals surface area contributed by atoms with Gasteiger partial charge in [0.25, 0.3) is 5.91 Å². The number of rotatable bonds is 6. The zero-order chi connectivity index (χ0) is 23.7. The molecule has 0 radical (unpaired) electrons. The molecule has 12 heteroatoms. The van der Waals surface area contributed by atoms with Crippen molar-refractivity contribution in [2.45, 2.75) is 13.5 Å². The van der Waals surface area contributed by atoms with Crippen LogP contribution in [0, 0.1) is 6.92 Å². The first-order valence-electron chi connectivity index (χ1n) is 10.3. The predicted molar refractivity (Wildman–Crippen MR) is 124 cm³/mol. The standard InChI is InChI=1S/C21H26N10O2/c1-12-23-17-10-30(5)20-13(7-6-8-15(20)31(17)28-12)24-14-9-16(25-18(32)11-29(3)4)26-27-19(14)21(33)22-2/h6-9H,10-11H2,1-5H3,(H,22,33)(H2,24,25,26,32). The van der Waals surface area contributed by atoms with Crippen LogP contribution in [0.1, 0.15) is 22.1 Å². The van der Waals surface area contributed by atoms with Gasteiger partial charge in [0.2, 0.25) is 5.91 Å². The van der Waals surface area contributed by atoms with E-state index in [-0.39, 0.29) is 24.0 Å². The molecule has 3 heterocycles. The fourth-order valence-electron chi connectivity index (χ4n) is 3.70. The van der Waals surface area contributed by atoms with E-state index in [1.54, 1.807) is 25.1 Å². The molecule has 1 aliphatic rings. The number of nitrogens with one attached hydrogen (secondary N) is 3. The van der Waals surface area contributed by atoms with Crippen LogP contribution in [-0.2, 0) is 11.3 Å². The quantitative estimate of drug-likeness (QED) is 0.501. The van der Waals surface area contributed by atoms with Crippen LogP contribution < -0.4 is 20.9 Å². The van der Waals surface area contributed by atoms with Crippen molar-refractivity contribution in [3.8, 4) is 5.69 Å². The second-order valence-corrected chi connectivity index (χ2v) is 8.00. The fourth-order valence-corrected chi connectivity index (χ4v) is 3.70. The van der Waals surface area contributed by atoms with Gasteiger partial charge in [0, 0.05) is 20.2 Å². The first kappa shape index (κ1) is 22.1. The lowest BCUT2D eigenvalue weighted by atomic mass is 10.1. The van der Waals surface area contributed by atoms with Crippen LogP contribution in [0.5, 0.6) is 0 Å². The van der Waals surface area contributed by atoms with Gasteiger partial charge in [-0.1, -0.05) is 6.07 Å². The summed E-state index contributed by atoms with van der Waals surface area (Å²) in [5.41, 5.74) is 3.03. The molecular formula is C21H26N10O2. The zero-order valence-electron chi connectivity index (χ0n) is 19.2. The summed E-state index contributed by atoms with van der Waals surface area (Å²) in [6, 6.07) is 7.36. The predicted octanol–water partition coefficient (Wildman–Crippen LogP) is 0.919. The maximum Gasteiger partial charge on any atom is 0.273 e. The van der Waals surface area contributed by atoms with Crippen molar-refractivity contribution in [2.24, 2.45) is 0 Å². The molecule has 0 saturated carbocycles. The number of anilines is 4. The number of likely N-dealkylation sites (N-methyl/N-ethyl adjacent to an activating group) is 1. The molecule has 33 heavy (non-hydrogen) atoms. The Labute approximate surface area is 191 Å². The number of hydrogen-bond donors (Lipinski definition) is 3. The third-order valence-electron chi connectivity index (χ3n) is 5.02. The summed E-state index contributed by atoms with van der Waals surface area (Å²) in [7, 11) is 7.08. The van der Waals surface area contributed by atoms with Crippen molar-refractivity contribution in [3.05, 3.63) is 41.6 Å². The maximum atomic E-state index is 12.4. The highest BCUT2D eigenvalue weighted by Crippen LogP contribution is 2.38. The monoisotopic (exact) mass is 450 g/mol. The Hall–Kier alpha value is -4.06. The summed E-state index contributed by atoms with van der Waals surface area (Å²) in [4.78, 5) is 32.9. The number of aromatic nitrogens is 5. The van der Waals surface area contributed by atoms with Crippen molar-refractivity contribution in [3.63, 3.8) is 0 Å². The number of benzene rings is 1. The van der Waals surface area contributed by atoms with Crippen LogP contribution in [0.25, 0.3) is 5.69 Å². The third-order valence-corrected chi connectivity index (χ3v) is 5.02. The van der Waals surface area contributed by atoms with Gasteiger partial charge >= 0.3 is 0 Å². The largest absolute Gasteiger partial charge is 0.364 e. The third kappa shape index (κ3) is 4.46. The van der Waals surface area contributed by atoms with E-state index < -0.39 is 5.91 Å². The van der Waals surface area contributed by atoms with E-state index in [9.17, 15) is 9.59 Å². The molecule has 1 aliphatic heterocycles. The molecular weight excluding hydrogens is 424 g/mol. The van der Waals surface area contributed by atoms with E-state index in [1.165, 1.54) is 7.05 Å². The van der Waals surface area contributed by atoms with Crippen molar-refractivity contribution in [2.75, 3.05) is 50.3 Å². The summed E-state index contributed by atoms with van der Waals surface area (Å²) in [6.07, 6.45) is 0. The van der Waals surface area contributed by atoms with Gasteiger partial charge in [0.05, 0.1) is 35.8 Å². The molecule has 3 N–H and O–H groups in total. The normalized spacial score (nSPS) is 12.2. The number of fused-ring (bicyclic) bond motifs is 3. The topological polar surface area (TPSA) is 133 Å². The fraction of sp³-hybridized carbons (Fsp3) is 0.333. The van der Waals surface area contributed by atoms with Crippen molar-refractivity contribution < 1.29 is 9.59 Å². The van der Waals surface area contributed by atoms with Crippen LogP contribution in [0.15, 0.2) is 24.3 Å². The van der Waals surface area contributed by atoms with Gasteiger partial charge < -0.3 is 25.8 Å². The van der Waals surface area contributed by atoms with Crippen molar-refractivity contribution in [1.82, 2.24) is 35.2 Å². The number of para-hydroxylation sites is 1. The van der Waals surface area contributed by atoms with Gasteiger partial charge in [-0.25, -0.2) is 9.67 Å². The van der Waals surface area contributed by atoms with Crippen molar-refractivity contribution in [1.29, 1.82) is 0 Å². The Bertz CT molecular complexity index is 1220. The summed E-state index contributed by atoms with van der Waals surface area (Å²) in [5.74, 6) is 1.15. The van der Waals surface area contributed by atoms with Gasteiger partial charge in [-0.15, -0.1) is 10.2 Å². The van der Waals surface area contributed by atoms with E-state index in [4.69, 9.17) is 0 Å². The lowest BCUT2D eigenvalue weighted by Gasteiger charge is -2.29. The molecule has 4 rings (SSSR count). The Morgan fingerprint density at radius 3 is 2.70 bits per heavy atom. The lowest BCUT2D eigenvalue weighted by Crippen LogP contribution is -2.28. The minimum Gasteiger partial charge on any atom is -0.364 e. The van der Waals surface area contributed by atoms with E-state index in [0.717, 1.165) is 22.9 Å². The molecule has 0 aliphatic carbocycles. The first-order chi connectivity index (χ1) is 15.8.